The van der Waals surface area contributed by atoms with Crippen LogP contribution in [0.1, 0.15) is 5.56 Å². The second kappa shape index (κ2) is 6.06. The fourth-order valence-corrected chi connectivity index (χ4v) is 2.49. The molecule has 0 aliphatic heterocycles. The third-order valence-corrected chi connectivity index (χ3v) is 3.69. The molecule has 0 bridgehead atoms. The van der Waals surface area contributed by atoms with E-state index in [9.17, 15) is 4.79 Å². The number of hydrogen-bond acceptors (Lipinski definition) is 2. The molecule has 2 aromatic carbocycles. The Labute approximate surface area is 130 Å². The van der Waals surface area contributed by atoms with Crippen molar-refractivity contribution in [2.75, 3.05) is 0 Å². The van der Waals surface area contributed by atoms with Crippen molar-refractivity contribution in [1.82, 2.24) is 9.55 Å². The Morgan fingerprint density at radius 3 is 2.76 bits per heavy atom. The summed E-state index contributed by atoms with van der Waals surface area (Å²) < 4.78 is 2.49. The second-order valence-corrected chi connectivity index (χ2v) is 5.59. The zero-order chi connectivity index (χ0) is 14.7. The third kappa shape index (κ3) is 3.11. The number of fused-ring (bicyclic) bond motifs is 1. The summed E-state index contributed by atoms with van der Waals surface area (Å²) in [5, 5.41) is 0.625. The van der Waals surface area contributed by atoms with E-state index in [0.29, 0.717) is 17.4 Å². The van der Waals surface area contributed by atoms with Gasteiger partial charge in [-0.25, -0.2) is 4.98 Å². The maximum Gasteiger partial charge on any atom is 0.261 e. The Kier molecular flexibility index (Phi) is 3.97. The molecule has 104 valence electrons. The number of allylic oxidation sites excluding steroid dienone is 1. The summed E-state index contributed by atoms with van der Waals surface area (Å²) in [5.74, 6) is 0. The van der Waals surface area contributed by atoms with Gasteiger partial charge >= 0.3 is 0 Å². The lowest BCUT2D eigenvalue weighted by Crippen LogP contribution is -2.19. The first kappa shape index (κ1) is 13.8. The molecule has 0 aliphatic rings. The van der Waals surface area contributed by atoms with Crippen molar-refractivity contribution < 1.29 is 0 Å². The van der Waals surface area contributed by atoms with Crippen LogP contribution in [0.3, 0.4) is 0 Å². The third-order valence-electron chi connectivity index (χ3n) is 3.20. The number of hydrogen-bond donors (Lipinski definition) is 0. The molecular formula is C17H13BrN2O. The predicted octanol–water partition coefficient (Wildman–Crippen LogP) is 3.87. The van der Waals surface area contributed by atoms with E-state index in [0.717, 1.165) is 10.0 Å². The number of halogens is 1. The summed E-state index contributed by atoms with van der Waals surface area (Å²) in [7, 11) is 0. The SMILES string of the molecule is O=c1c2cc(Br)ccc2ncn1CC=Cc1ccccc1. The highest BCUT2D eigenvalue weighted by molar-refractivity contribution is 9.10. The van der Waals surface area contributed by atoms with E-state index in [1.54, 1.807) is 10.9 Å². The molecule has 1 aromatic heterocycles. The highest BCUT2D eigenvalue weighted by atomic mass is 79.9. The van der Waals surface area contributed by atoms with E-state index in [2.05, 4.69) is 20.9 Å². The van der Waals surface area contributed by atoms with Crippen LogP contribution in [0.25, 0.3) is 17.0 Å². The Bertz CT molecular complexity index is 854. The summed E-state index contributed by atoms with van der Waals surface area (Å²) in [6, 6.07) is 15.5. The Morgan fingerprint density at radius 2 is 1.95 bits per heavy atom. The highest BCUT2D eigenvalue weighted by Gasteiger charge is 2.03. The maximum absolute atomic E-state index is 12.4. The topological polar surface area (TPSA) is 34.9 Å². The van der Waals surface area contributed by atoms with E-state index < -0.39 is 0 Å². The molecule has 3 nitrogen and oxygen atoms in total. The number of rotatable bonds is 3. The molecule has 0 aliphatic carbocycles. The lowest BCUT2D eigenvalue weighted by atomic mass is 10.2. The van der Waals surface area contributed by atoms with Crippen LogP contribution >= 0.6 is 15.9 Å². The molecule has 0 atom stereocenters. The molecule has 0 N–H and O–H groups in total. The summed E-state index contributed by atoms with van der Waals surface area (Å²) in [6.45, 7) is 0.503. The van der Waals surface area contributed by atoms with Gasteiger partial charge in [0.15, 0.2) is 0 Å². The lowest BCUT2D eigenvalue weighted by Gasteiger charge is -2.04. The Morgan fingerprint density at radius 1 is 1.14 bits per heavy atom. The van der Waals surface area contributed by atoms with Gasteiger partial charge in [0.1, 0.15) is 0 Å². The molecule has 4 heteroatoms. The second-order valence-electron chi connectivity index (χ2n) is 4.68. The van der Waals surface area contributed by atoms with E-state index in [4.69, 9.17) is 0 Å². The molecule has 0 fully saturated rings. The van der Waals surface area contributed by atoms with Crippen molar-refractivity contribution in [2.24, 2.45) is 0 Å². The minimum atomic E-state index is -0.0287. The largest absolute Gasteiger partial charge is 0.295 e. The van der Waals surface area contributed by atoms with Gasteiger partial charge in [-0.2, -0.15) is 0 Å². The first-order chi connectivity index (χ1) is 10.2. The van der Waals surface area contributed by atoms with Gasteiger partial charge in [0.2, 0.25) is 0 Å². The smallest absolute Gasteiger partial charge is 0.261 e. The fraction of sp³-hybridized carbons (Fsp3) is 0.0588. The van der Waals surface area contributed by atoms with Gasteiger partial charge in [0, 0.05) is 11.0 Å². The molecule has 0 spiro atoms. The molecule has 0 unspecified atom stereocenters. The monoisotopic (exact) mass is 340 g/mol. The van der Waals surface area contributed by atoms with Crippen molar-refractivity contribution in [3.8, 4) is 0 Å². The summed E-state index contributed by atoms with van der Waals surface area (Å²) in [4.78, 5) is 16.7. The minimum Gasteiger partial charge on any atom is -0.295 e. The van der Waals surface area contributed by atoms with Gasteiger partial charge in [-0.05, 0) is 23.8 Å². The van der Waals surface area contributed by atoms with Crippen molar-refractivity contribution in [3.63, 3.8) is 0 Å². The molecule has 1 heterocycles. The molecule has 0 radical (unpaired) electrons. The van der Waals surface area contributed by atoms with E-state index in [-0.39, 0.29) is 5.56 Å². The van der Waals surface area contributed by atoms with E-state index in [1.807, 2.05) is 60.7 Å². The van der Waals surface area contributed by atoms with Crippen LogP contribution in [-0.2, 0) is 6.54 Å². The first-order valence-corrected chi connectivity index (χ1v) is 7.39. The normalized spacial score (nSPS) is 11.3. The zero-order valence-electron chi connectivity index (χ0n) is 11.2. The zero-order valence-corrected chi connectivity index (χ0v) is 12.8. The lowest BCUT2D eigenvalue weighted by molar-refractivity contribution is 0.769. The van der Waals surface area contributed by atoms with Crippen molar-refractivity contribution in [3.05, 3.63) is 81.3 Å². The van der Waals surface area contributed by atoms with Gasteiger partial charge < -0.3 is 0 Å². The van der Waals surface area contributed by atoms with Crippen molar-refractivity contribution >= 4 is 32.9 Å². The number of aromatic nitrogens is 2. The van der Waals surface area contributed by atoms with Gasteiger partial charge in [0.25, 0.3) is 5.56 Å². The Hall–Kier alpha value is -2.20. The van der Waals surface area contributed by atoms with E-state index >= 15 is 0 Å². The fourth-order valence-electron chi connectivity index (χ4n) is 2.13. The van der Waals surface area contributed by atoms with Crippen LogP contribution in [0.2, 0.25) is 0 Å². The minimum absolute atomic E-state index is 0.0287. The molecule has 3 rings (SSSR count). The van der Waals surface area contributed by atoms with Gasteiger partial charge in [-0.15, -0.1) is 0 Å². The van der Waals surface area contributed by atoms with Gasteiger partial charge in [-0.1, -0.05) is 58.4 Å². The highest BCUT2D eigenvalue weighted by Crippen LogP contribution is 2.14. The first-order valence-electron chi connectivity index (χ1n) is 6.60. The standard InChI is InChI=1S/C17H13BrN2O/c18-14-8-9-16-15(11-14)17(21)20(12-19-16)10-4-7-13-5-2-1-3-6-13/h1-9,11-12H,10H2. The van der Waals surface area contributed by atoms with Gasteiger partial charge in [-0.3, -0.25) is 9.36 Å². The van der Waals surface area contributed by atoms with Crippen LogP contribution in [0.15, 0.2) is 70.2 Å². The van der Waals surface area contributed by atoms with E-state index in [1.165, 1.54) is 0 Å². The van der Waals surface area contributed by atoms with Crippen LogP contribution in [0, 0.1) is 0 Å². The average Bonchev–Trinajstić information content (AvgIpc) is 2.51. The molecular weight excluding hydrogens is 328 g/mol. The molecule has 0 saturated heterocycles. The van der Waals surface area contributed by atoms with Crippen LogP contribution in [0.4, 0.5) is 0 Å². The summed E-state index contributed by atoms with van der Waals surface area (Å²) >= 11 is 3.38. The number of nitrogens with zero attached hydrogens (tertiary/aromatic N) is 2. The van der Waals surface area contributed by atoms with Crippen LogP contribution in [0.5, 0.6) is 0 Å². The van der Waals surface area contributed by atoms with Gasteiger partial charge in [0.05, 0.1) is 17.2 Å². The van der Waals surface area contributed by atoms with Crippen LogP contribution < -0.4 is 5.56 Å². The number of benzene rings is 2. The maximum atomic E-state index is 12.4. The molecule has 21 heavy (non-hydrogen) atoms. The molecule has 3 aromatic rings. The summed E-state index contributed by atoms with van der Waals surface area (Å²) in [6.07, 6.45) is 5.55. The molecule has 0 saturated carbocycles. The summed E-state index contributed by atoms with van der Waals surface area (Å²) in [5.41, 5.74) is 1.80. The van der Waals surface area contributed by atoms with Crippen molar-refractivity contribution in [2.45, 2.75) is 6.54 Å². The predicted molar refractivity (Wildman–Crippen MR) is 89.2 cm³/mol. The van der Waals surface area contributed by atoms with Crippen molar-refractivity contribution in [1.29, 1.82) is 0 Å². The quantitative estimate of drug-likeness (QED) is 0.725. The Balaban J connectivity index is 1.89. The molecule has 0 amide bonds. The average molecular weight is 341 g/mol. The van der Waals surface area contributed by atoms with Crippen LogP contribution in [-0.4, -0.2) is 9.55 Å².